The molecule has 1 aliphatic carbocycles. The molecule has 6 nitrogen and oxygen atoms in total. The van der Waals surface area contributed by atoms with Crippen molar-refractivity contribution in [1.82, 2.24) is 20.1 Å². The lowest BCUT2D eigenvalue weighted by Crippen LogP contribution is -2.58. The standard InChI is InChI=1S/C21H35N5OS.HI/c1-22-20(25(2)15-19-24-17-7-3-4-8-18(17)28-19)23-16-21(9-13-27-14-10-21)26-11-5-6-12-26;/h3-16H2,1-2H3,(H,22,23);1H. The van der Waals surface area contributed by atoms with Gasteiger partial charge >= 0.3 is 0 Å². The molecule has 0 atom stereocenters. The summed E-state index contributed by atoms with van der Waals surface area (Å²) >= 11 is 1.90. The van der Waals surface area contributed by atoms with E-state index in [2.05, 4.69) is 27.2 Å². The fraction of sp³-hybridized carbons (Fsp3) is 0.810. The number of rotatable bonds is 5. The number of hydrogen-bond acceptors (Lipinski definition) is 5. The Kier molecular flexibility index (Phi) is 8.59. The minimum Gasteiger partial charge on any atom is -0.381 e. The van der Waals surface area contributed by atoms with Crippen LogP contribution in [-0.2, 0) is 24.1 Å². The number of guanidine groups is 1. The fourth-order valence-corrected chi connectivity index (χ4v) is 6.14. The SMILES string of the molecule is CN=C(NCC1(N2CCCC2)CCOCC1)N(C)Cc1nc2c(s1)CCCC2.I. The predicted molar refractivity (Wildman–Crippen MR) is 131 cm³/mol. The quantitative estimate of drug-likeness (QED) is 0.358. The van der Waals surface area contributed by atoms with Crippen molar-refractivity contribution in [1.29, 1.82) is 0 Å². The molecule has 0 saturated carbocycles. The Labute approximate surface area is 196 Å². The Morgan fingerprint density at radius 1 is 1.21 bits per heavy atom. The third-order valence-corrected chi connectivity index (χ3v) is 7.75. The number of likely N-dealkylation sites (tertiary alicyclic amines) is 1. The van der Waals surface area contributed by atoms with E-state index in [9.17, 15) is 0 Å². The van der Waals surface area contributed by atoms with Crippen LogP contribution in [0.5, 0.6) is 0 Å². The first-order chi connectivity index (χ1) is 13.7. The van der Waals surface area contributed by atoms with Crippen LogP contribution in [0.4, 0.5) is 0 Å². The molecule has 0 amide bonds. The number of hydrogen-bond donors (Lipinski definition) is 1. The number of aryl methyl sites for hydroxylation is 2. The van der Waals surface area contributed by atoms with Crippen molar-refractivity contribution in [2.24, 2.45) is 4.99 Å². The zero-order valence-electron chi connectivity index (χ0n) is 17.9. The number of halogens is 1. The number of fused-ring (bicyclic) bond motifs is 1. The number of ether oxygens (including phenoxy) is 1. The molecule has 2 saturated heterocycles. The van der Waals surface area contributed by atoms with Crippen molar-refractivity contribution < 1.29 is 4.74 Å². The van der Waals surface area contributed by atoms with E-state index in [-0.39, 0.29) is 29.5 Å². The van der Waals surface area contributed by atoms with Crippen molar-refractivity contribution >= 4 is 41.3 Å². The molecule has 2 aliphatic heterocycles. The first kappa shape index (κ1) is 23.2. The molecule has 0 unspecified atom stereocenters. The van der Waals surface area contributed by atoms with Crippen molar-refractivity contribution in [2.75, 3.05) is 46.9 Å². The first-order valence-electron chi connectivity index (χ1n) is 10.9. The molecule has 0 spiro atoms. The molecular weight excluding hydrogens is 497 g/mol. The van der Waals surface area contributed by atoms with E-state index < -0.39 is 0 Å². The van der Waals surface area contributed by atoms with Crippen LogP contribution in [0.15, 0.2) is 4.99 Å². The van der Waals surface area contributed by atoms with Crippen molar-refractivity contribution in [3.05, 3.63) is 15.6 Å². The van der Waals surface area contributed by atoms with E-state index >= 15 is 0 Å². The van der Waals surface area contributed by atoms with Gasteiger partial charge in [-0.25, -0.2) is 4.98 Å². The Bertz CT molecular complexity index is 659. The van der Waals surface area contributed by atoms with Crippen molar-refractivity contribution in [3.8, 4) is 0 Å². The zero-order chi connectivity index (χ0) is 19.4. The van der Waals surface area contributed by atoms with Gasteiger partial charge in [0, 0.05) is 44.3 Å². The summed E-state index contributed by atoms with van der Waals surface area (Å²) in [7, 11) is 4.01. The van der Waals surface area contributed by atoms with Gasteiger partial charge < -0.3 is 15.0 Å². The van der Waals surface area contributed by atoms with Gasteiger partial charge in [-0.3, -0.25) is 9.89 Å². The minimum absolute atomic E-state index is 0. The van der Waals surface area contributed by atoms with Crippen LogP contribution in [0.25, 0.3) is 0 Å². The molecule has 29 heavy (non-hydrogen) atoms. The van der Waals surface area contributed by atoms with Gasteiger partial charge in [0.15, 0.2) is 5.96 Å². The lowest BCUT2D eigenvalue weighted by molar-refractivity contribution is -0.0166. The second-order valence-electron chi connectivity index (χ2n) is 8.47. The summed E-state index contributed by atoms with van der Waals surface area (Å²) in [4.78, 5) is 15.9. The number of aliphatic imine (C=N–C) groups is 1. The summed E-state index contributed by atoms with van der Waals surface area (Å²) in [5, 5.41) is 4.91. The zero-order valence-corrected chi connectivity index (χ0v) is 21.1. The summed E-state index contributed by atoms with van der Waals surface area (Å²) in [6, 6.07) is 0. The number of aromatic nitrogens is 1. The van der Waals surface area contributed by atoms with Crippen LogP contribution in [0.1, 0.15) is 54.1 Å². The number of nitrogens with one attached hydrogen (secondary N) is 1. The van der Waals surface area contributed by atoms with E-state index in [1.54, 1.807) is 0 Å². The highest BCUT2D eigenvalue weighted by Crippen LogP contribution is 2.31. The lowest BCUT2D eigenvalue weighted by Gasteiger charge is -2.45. The van der Waals surface area contributed by atoms with E-state index in [4.69, 9.17) is 9.72 Å². The van der Waals surface area contributed by atoms with Gasteiger partial charge in [0.25, 0.3) is 0 Å². The maximum absolute atomic E-state index is 5.68. The molecule has 2 fully saturated rings. The Balaban J connectivity index is 0.00000240. The second-order valence-corrected chi connectivity index (χ2v) is 9.64. The van der Waals surface area contributed by atoms with Crippen LogP contribution in [0.2, 0.25) is 0 Å². The van der Waals surface area contributed by atoms with E-state index in [0.29, 0.717) is 0 Å². The van der Waals surface area contributed by atoms with Gasteiger partial charge in [-0.15, -0.1) is 35.3 Å². The largest absolute Gasteiger partial charge is 0.381 e. The average Bonchev–Trinajstić information content (AvgIpc) is 3.39. The van der Waals surface area contributed by atoms with Gasteiger partial charge in [-0.2, -0.15) is 0 Å². The Morgan fingerprint density at radius 3 is 2.62 bits per heavy atom. The predicted octanol–water partition coefficient (Wildman–Crippen LogP) is 3.29. The summed E-state index contributed by atoms with van der Waals surface area (Å²) in [5.74, 6) is 0.971. The monoisotopic (exact) mass is 533 g/mol. The van der Waals surface area contributed by atoms with Gasteiger partial charge in [-0.05, 0) is 64.5 Å². The maximum atomic E-state index is 5.68. The summed E-state index contributed by atoms with van der Waals surface area (Å²) in [6.45, 7) is 5.97. The highest BCUT2D eigenvalue weighted by Gasteiger charge is 2.39. The molecule has 1 aromatic rings. The second kappa shape index (κ2) is 10.7. The van der Waals surface area contributed by atoms with E-state index in [0.717, 1.165) is 51.5 Å². The molecule has 8 heteroatoms. The van der Waals surface area contributed by atoms with E-state index in [1.165, 1.54) is 60.8 Å². The Morgan fingerprint density at radius 2 is 1.93 bits per heavy atom. The van der Waals surface area contributed by atoms with Crippen molar-refractivity contribution in [3.63, 3.8) is 0 Å². The molecule has 1 N–H and O–H groups in total. The van der Waals surface area contributed by atoms with Crippen molar-refractivity contribution in [2.45, 2.75) is 63.5 Å². The molecule has 4 rings (SSSR count). The van der Waals surface area contributed by atoms with Crippen LogP contribution in [0.3, 0.4) is 0 Å². The molecule has 3 heterocycles. The molecule has 0 radical (unpaired) electrons. The lowest BCUT2D eigenvalue weighted by atomic mass is 9.88. The van der Waals surface area contributed by atoms with Gasteiger partial charge in [0.1, 0.15) is 5.01 Å². The summed E-state index contributed by atoms with van der Waals surface area (Å²) in [6.07, 6.45) is 9.85. The van der Waals surface area contributed by atoms with Gasteiger partial charge in [0.2, 0.25) is 0 Å². The molecule has 0 bridgehead atoms. The summed E-state index contributed by atoms with van der Waals surface area (Å²) in [5.41, 5.74) is 1.56. The van der Waals surface area contributed by atoms with Gasteiger partial charge in [0.05, 0.1) is 12.2 Å². The minimum atomic E-state index is 0. The normalized spacial score (nSPS) is 22.1. The topological polar surface area (TPSA) is 53.0 Å². The van der Waals surface area contributed by atoms with Gasteiger partial charge in [-0.1, -0.05) is 0 Å². The van der Waals surface area contributed by atoms with Crippen LogP contribution in [0, 0.1) is 0 Å². The smallest absolute Gasteiger partial charge is 0.193 e. The summed E-state index contributed by atoms with van der Waals surface area (Å²) < 4.78 is 5.68. The molecule has 1 aromatic heterocycles. The third-order valence-electron chi connectivity index (χ3n) is 6.61. The maximum Gasteiger partial charge on any atom is 0.193 e. The third kappa shape index (κ3) is 5.43. The van der Waals surface area contributed by atoms with Crippen LogP contribution >= 0.6 is 35.3 Å². The van der Waals surface area contributed by atoms with E-state index in [1.807, 2.05) is 18.4 Å². The highest BCUT2D eigenvalue weighted by molar-refractivity contribution is 14.0. The fourth-order valence-electron chi connectivity index (χ4n) is 4.93. The van der Waals surface area contributed by atoms with Crippen LogP contribution in [-0.4, -0.2) is 73.2 Å². The molecule has 3 aliphatic rings. The Hall–Kier alpha value is -0.450. The molecule has 164 valence electrons. The molecular formula is C21H36IN5OS. The van der Waals surface area contributed by atoms with Crippen LogP contribution < -0.4 is 5.32 Å². The first-order valence-corrected chi connectivity index (χ1v) is 11.7. The molecule has 0 aromatic carbocycles. The average molecular weight is 534 g/mol. The number of thiazole rings is 1. The number of nitrogens with zero attached hydrogens (tertiary/aromatic N) is 4. The highest BCUT2D eigenvalue weighted by atomic mass is 127.